The highest BCUT2D eigenvalue weighted by Gasteiger charge is 2.25. The van der Waals surface area contributed by atoms with E-state index in [9.17, 15) is 9.59 Å². The van der Waals surface area contributed by atoms with Gasteiger partial charge in [0, 0.05) is 5.69 Å². The summed E-state index contributed by atoms with van der Waals surface area (Å²) in [4.78, 5) is 24.7. The molecule has 2 amide bonds. The summed E-state index contributed by atoms with van der Waals surface area (Å²) in [5.74, 6) is -0.0208. The van der Waals surface area contributed by atoms with E-state index in [0.717, 1.165) is 12.1 Å². The van der Waals surface area contributed by atoms with Crippen LogP contribution in [0.15, 0.2) is 47.1 Å². The lowest BCUT2D eigenvalue weighted by atomic mass is 9.98. The number of furan rings is 1. The van der Waals surface area contributed by atoms with Gasteiger partial charge in [-0.1, -0.05) is 39.8 Å². The van der Waals surface area contributed by atoms with Crippen LogP contribution in [0.3, 0.4) is 0 Å². The van der Waals surface area contributed by atoms with Crippen molar-refractivity contribution < 1.29 is 14.0 Å². The molecular weight excluding hydrogens is 316 g/mol. The van der Waals surface area contributed by atoms with Gasteiger partial charge in [0.1, 0.15) is 6.04 Å². The maximum absolute atomic E-state index is 12.6. The van der Waals surface area contributed by atoms with Crippen LogP contribution in [0.25, 0.3) is 0 Å². The van der Waals surface area contributed by atoms with Crippen LogP contribution in [0.4, 0.5) is 5.69 Å². The SMILES string of the molecule is CC[C@H](C)c1ccc(NC(=O)[C@H](NC(=O)c2ccco2)C(C)C)cc1. The number of amides is 2. The molecule has 0 saturated heterocycles. The van der Waals surface area contributed by atoms with Crippen LogP contribution in [-0.2, 0) is 4.79 Å². The second kappa shape index (κ2) is 8.51. The van der Waals surface area contributed by atoms with Gasteiger partial charge in [-0.05, 0) is 48.1 Å². The van der Waals surface area contributed by atoms with E-state index in [1.165, 1.54) is 11.8 Å². The van der Waals surface area contributed by atoms with E-state index in [0.29, 0.717) is 5.92 Å². The summed E-state index contributed by atoms with van der Waals surface area (Å²) in [5.41, 5.74) is 1.96. The van der Waals surface area contributed by atoms with Gasteiger partial charge in [-0.2, -0.15) is 0 Å². The third kappa shape index (κ3) is 4.95. The van der Waals surface area contributed by atoms with Crippen molar-refractivity contribution in [3.63, 3.8) is 0 Å². The van der Waals surface area contributed by atoms with E-state index >= 15 is 0 Å². The molecule has 0 radical (unpaired) electrons. The van der Waals surface area contributed by atoms with E-state index in [1.807, 2.05) is 38.1 Å². The molecule has 134 valence electrons. The van der Waals surface area contributed by atoms with Gasteiger partial charge in [-0.25, -0.2) is 0 Å². The molecule has 0 aliphatic heterocycles. The van der Waals surface area contributed by atoms with Crippen molar-refractivity contribution in [3.05, 3.63) is 54.0 Å². The molecule has 5 heteroatoms. The van der Waals surface area contributed by atoms with Gasteiger partial charge in [0.05, 0.1) is 6.26 Å². The van der Waals surface area contributed by atoms with Gasteiger partial charge >= 0.3 is 0 Å². The molecule has 0 fully saturated rings. The standard InChI is InChI=1S/C20H26N2O3/c1-5-14(4)15-8-10-16(11-9-15)21-20(24)18(13(2)3)22-19(23)17-7-6-12-25-17/h6-14,18H,5H2,1-4H3,(H,21,24)(H,22,23)/t14-,18+/m0/s1. The molecule has 1 heterocycles. The molecule has 0 bridgehead atoms. The first-order chi connectivity index (χ1) is 11.9. The first-order valence-electron chi connectivity index (χ1n) is 8.67. The van der Waals surface area contributed by atoms with Gasteiger partial charge < -0.3 is 15.1 Å². The normalized spacial score (nSPS) is 13.3. The topological polar surface area (TPSA) is 71.3 Å². The largest absolute Gasteiger partial charge is 0.459 e. The molecule has 0 aliphatic rings. The number of nitrogens with one attached hydrogen (secondary N) is 2. The minimum atomic E-state index is -0.646. The molecule has 0 unspecified atom stereocenters. The summed E-state index contributed by atoms with van der Waals surface area (Å²) >= 11 is 0. The number of anilines is 1. The fourth-order valence-electron chi connectivity index (χ4n) is 2.51. The molecule has 1 aromatic heterocycles. The Bertz CT molecular complexity index is 690. The maximum Gasteiger partial charge on any atom is 0.287 e. The molecule has 2 N–H and O–H groups in total. The number of hydrogen-bond donors (Lipinski definition) is 2. The Morgan fingerprint density at radius 2 is 1.76 bits per heavy atom. The zero-order chi connectivity index (χ0) is 18.4. The third-order valence-electron chi connectivity index (χ3n) is 4.34. The molecule has 1 aromatic carbocycles. The van der Waals surface area contributed by atoms with Crippen LogP contribution in [0.1, 0.15) is 56.2 Å². The minimum absolute atomic E-state index is 0.0571. The number of carbonyl (C=O) groups is 2. The molecule has 5 nitrogen and oxygen atoms in total. The van der Waals surface area contributed by atoms with E-state index in [2.05, 4.69) is 24.5 Å². The van der Waals surface area contributed by atoms with Crippen molar-refractivity contribution in [1.82, 2.24) is 5.32 Å². The summed E-state index contributed by atoms with van der Waals surface area (Å²) < 4.78 is 5.08. The van der Waals surface area contributed by atoms with E-state index in [4.69, 9.17) is 4.42 Å². The van der Waals surface area contributed by atoms with Crippen molar-refractivity contribution in [2.45, 2.75) is 46.1 Å². The van der Waals surface area contributed by atoms with Crippen molar-refractivity contribution >= 4 is 17.5 Å². The van der Waals surface area contributed by atoms with Crippen molar-refractivity contribution in [3.8, 4) is 0 Å². The quantitative estimate of drug-likeness (QED) is 0.792. The molecule has 2 rings (SSSR count). The second-order valence-corrected chi connectivity index (χ2v) is 6.59. The van der Waals surface area contributed by atoms with Gasteiger partial charge in [0.2, 0.25) is 5.91 Å². The minimum Gasteiger partial charge on any atom is -0.459 e. The lowest BCUT2D eigenvalue weighted by molar-refractivity contribution is -0.118. The zero-order valence-electron chi connectivity index (χ0n) is 15.2. The molecular formula is C20H26N2O3. The highest BCUT2D eigenvalue weighted by Crippen LogP contribution is 2.20. The van der Waals surface area contributed by atoms with E-state index in [-0.39, 0.29) is 17.6 Å². The predicted octanol–water partition coefficient (Wildman–Crippen LogP) is 4.19. The van der Waals surface area contributed by atoms with Crippen molar-refractivity contribution in [2.75, 3.05) is 5.32 Å². The molecule has 2 aromatic rings. The van der Waals surface area contributed by atoms with Crippen LogP contribution in [0, 0.1) is 5.92 Å². The van der Waals surface area contributed by atoms with Crippen LogP contribution in [0.5, 0.6) is 0 Å². The lowest BCUT2D eigenvalue weighted by Gasteiger charge is -2.21. The highest BCUT2D eigenvalue weighted by molar-refractivity contribution is 6.00. The van der Waals surface area contributed by atoms with Crippen molar-refractivity contribution in [1.29, 1.82) is 0 Å². The van der Waals surface area contributed by atoms with E-state index < -0.39 is 11.9 Å². The Kier molecular flexibility index (Phi) is 6.39. The summed E-state index contributed by atoms with van der Waals surface area (Å²) in [6.07, 6.45) is 2.50. The predicted molar refractivity (Wildman–Crippen MR) is 98.6 cm³/mol. The molecule has 25 heavy (non-hydrogen) atoms. The van der Waals surface area contributed by atoms with Gasteiger partial charge in [-0.3, -0.25) is 9.59 Å². The molecule has 0 spiro atoms. The van der Waals surface area contributed by atoms with Crippen LogP contribution in [-0.4, -0.2) is 17.9 Å². The second-order valence-electron chi connectivity index (χ2n) is 6.59. The Hall–Kier alpha value is -2.56. The van der Waals surface area contributed by atoms with Crippen molar-refractivity contribution in [2.24, 2.45) is 5.92 Å². The summed E-state index contributed by atoms with van der Waals surface area (Å²) in [5, 5.41) is 5.61. The Morgan fingerprint density at radius 3 is 2.28 bits per heavy atom. The molecule has 2 atom stereocenters. The first-order valence-corrected chi connectivity index (χ1v) is 8.67. The smallest absolute Gasteiger partial charge is 0.287 e. The maximum atomic E-state index is 12.6. The average molecular weight is 342 g/mol. The van der Waals surface area contributed by atoms with Gasteiger partial charge in [0.15, 0.2) is 5.76 Å². The zero-order valence-corrected chi connectivity index (χ0v) is 15.2. The van der Waals surface area contributed by atoms with Gasteiger partial charge in [0.25, 0.3) is 5.91 Å². The number of rotatable bonds is 7. The average Bonchev–Trinajstić information content (AvgIpc) is 3.13. The van der Waals surface area contributed by atoms with Gasteiger partial charge in [-0.15, -0.1) is 0 Å². The van der Waals surface area contributed by atoms with Crippen LogP contribution < -0.4 is 10.6 Å². The fourth-order valence-corrected chi connectivity index (χ4v) is 2.51. The lowest BCUT2D eigenvalue weighted by Crippen LogP contribution is -2.47. The van der Waals surface area contributed by atoms with Crippen LogP contribution in [0.2, 0.25) is 0 Å². The van der Waals surface area contributed by atoms with Crippen LogP contribution >= 0.6 is 0 Å². The number of carbonyl (C=O) groups excluding carboxylic acids is 2. The summed E-state index contributed by atoms with van der Waals surface area (Å²) in [6, 6.07) is 10.4. The molecule has 0 saturated carbocycles. The fraction of sp³-hybridized carbons (Fsp3) is 0.400. The monoisotopic (exact) mass is 342 g/mol. The Balaban J connectivity index is 2.03. The summed E-state index contributed by atoms with van der Waals surface area (Å²) in [6.45, 7) is 8.10. The highest BCUT2D eigenvalue weighted by atomic mass is 16.3. The first kappa shape index (κ1) is 18.8. The summed E-state index contributed by atoms with van der Waals surface area (Å²) in [7, 11) is 0. The van der Waals surface area contributed by atoms with E-state index in [1.54, 1.807) is 12.1 Å². The Labute approximate surface area is 148 Å². The number of hydrogen-bond acceptors (Lipinski definition) is 3. The molecule has 0 aliphatic carbocycles. The third-order valence-corrected chi connectivity index (χ3v) is 4.34. The number of benzene rings is 1. The Morgan fingerprint density at radius 1 is 1.08 bits per heavy atom.